The number of fused-ring (bicyclic) bond motifs is 1. The predicted octanol–water partition coefficient (Wildman–Crippen LogP) is 5.47. The highest BCUT2D eigenvalue weighted by Crippen LogP contribution is 2.37. The molecule has 1 aliphatic rings. The summed E-state index contributed by atoms with van der Waals surface area (Å²) < 4.78 is 38.6. The summed E-state index contributed by atoms with van der Waals surface area (Å²) in [6.07, 6.45) is -5.21. The fourth-order valence-corrected chi connectivity index (χ4v) is 2.71. The summed E-state index contributed by atoms with van der Waals surface area (Å²) in [6, 6.07) is 10.3. The Morgan fingerprint density at radius 1 is 1.05 bits per heavy atom. The first-order chi connectivity index (χ1) is 10.4. The van der Waals surface area contributed by atoms with Crippen LogP contribution >= 0.6 is 23.2 Å². The molecule has 3 rings (SSSR count). The minimum absolute atomic E-state index is 0.193. The number of aliphatic imine (C=N–C) groups is 1. The van der Waals surface area contributed by atoms with Crippen LogP contribution < -0.4 is 5.32 Å². The Hall–Kier alpha value is -1.72. The SMILES string of the molecule is FC(F)(F)c1ccc(Cl)c(C2N=C(Cl)c3ccccc3N2)c1. The Kier molecular flexibility index (Phi) is 3.78. The normalized spacial score (nSPS) is 17.5. The lowest BCUT2D eigenvalue weighted by molar-refractivity contribution is -0.137. The Bertz CT molecular complexity index is 757. The van der Waals surface area contributed by atoms with E-state index >= 15 is 0 Å². The summed E-state index contributed by atoms with van der Waals surface area (Å²) in [7, 11) is 0. The van der Waals surface area contributed by atoms with Crippen LogP contribution in [0.4, 0.5) is 18.9 Å². The highest BCUT2D eigenvalue weighted by Gasteiger charge is 2.32. The van der Waals surface area contributed by atoms with Crippen LogP contribution in [0.15, 0.2) is 47.5 Å². The molecular weight excluding hydrogens is 336 g/mol. The average molecular weight is 345 g/mol. The molecule has 2 aromatic carbocycles. The summed E-state index contributed by atoms with van der Waals surface area (Å²) in [4.78, 5) is 4.20. The van der Waals surface area contributed by atoms with Crippen molar-refractivity contribution in [1.82, 2.24) is 0 Å². The standard InChI is InChI=1S/C15H9Cl2F3N2/c16-11-6-5-8(15(18,19)20)7-10(11)14-21-12-4-2-1-3-9(12)13(17)22-14/h1-7,14,21H. The van der Waals surface area contributed by atoms with Crippen LogP contribution in [0.3, 0.4) is 0 Å². The van der Waals surface area contributed by atoms with Crippen LogP contribution in [0.2, 0.25) is 5.02 Å². The molecule has 0 spiro atoms. The Morgan fingerprint density at radius 3 is 2.50 bits per heavy atom. The topological polar surface area (TPSA) is 24.4 Å². The molecule has 1 unspecified atom stereocenters. The van der Waals surface area contributed by atoms with Crippen molar-refractivity contribution < 1.29 is 13.2 Å². The highest BCUT2D eigenvalue weighted by atomic mass is 35.5. The molecule has 1 atom stereocenters. The number of benzene rings is 2. The van der Waals surface area contributed by atoms with Crippen LogP contribution in [0.5, 0.6) is 0 Å². The third-order valence-corrected chi connectivity index (χ3v) is 3.95. The molecule has 0 radical (unpaired) electrons. The van der Waals surface area contributed by atoms with Gasteiger partial charge in [-0.05, 0) is 30.3 Å². The van der Waals surface area contributed by atoms with Gasteiger partial charge in [-0.3, -0.25) is 0 Å². The van der Waals surface area contributed by atoms with E-state index in [9.17, 15) is 13.2 Å². The zero-order chi connectivity index (χ0) is 15.9. The zero-order valence-electron chi connectivity index (χ0n) is 11.0. The first-order valence-electron chi connectivity index (χ1n) is 6.32. The quantitative estimate of drug-likeness (QED) is 0.728. The van der Waals surface area contributed by atoms with E-state index in [0.717, 1.165) is 12.1 Å². The van der Waals surface area contributed by atoms with Crippen molar-refractivity contribution in [3.8, 4) is 0 Å². The maximum atomic E-state index is 12.9. The maximum absolute atomic E-state index is 12.9. The molecule has 1 aliphatic heterocycles. The molecule has 0 saturated carbocycles. The molecule has 2 aromatic rings. The van der Waals surface area contributed by atoms with Crippen molar-refractivity contribution >= 4 is 34.1 Å². The molecule has 0 saturated heterocycles. The van der Waals surface area contributed by atoms with E-state index in [2.05, 4.69) is 10.3 Å². The molecule has 1 N–H and O–H groups in total. The Labute approximate surface area is 134 Å². The molecule has 114 valence electrons. The van der Waals surface area contributed by atoms with Crippen LogP contribution in [-0.2, 0) is 6.18 Å². The van der Waals surface area contributed by atoms with Crippen LogP contribution in [0, 0.1) is 0 Å². The minimum atomic E-state index is -4.45. The van der Waals surface area contributed by atoms with Crippen molar-refractivity contribution in [3.05, 3.63) is 64.2 Å². The lowest BCUT2D eigenvalue weighted by Crippen LogP contribution is -2.18. The van der Waals surface area contributed by atoms with Gasteiger partial charge in [-0.2, -0.15) is 13.2 Å². The molecule has 0 aliphatic carbocycles. The molecule has 2 nitrogen and oxygen atoms in total. The Morgan fingerprint density at radius 2 is 1.77 bits per heavy atom. The number of nitrogens with one attached hydrogen (secondary N) is 1. The van der Waals surface area contributed by atoms with Gasteiger partial charge in [0.15, 0.2) is 0 Å². The van der Waals surface area contributed by atoms with Crippen molar-refractivity contribution in [2.75, 3.05) is 5.32 Å². The zero-order valence-corrected chi connectivity index (χ0v) is 12.5. The number of para-hydroxylation sites is 1. The minimum Gasteiger partial charge on any atom is -0.359 e. The van der Waals surface area contributed by atoms with E-state index in [1.54, 1.807) is 24.3 Å². The first-order valence-corrected chi connectivity index (χ1v) is 7.08. The number of nitrogens with zero attached hydrogens (tertiary/aromatic N) is 1. The predicted molar refractivity (Wildman–Crippen MR) is 81.6 cm³/mol. The molecular formula is C15H9Cl2F3N2. The van der Waals surface area contributed by atoms with Gasteiger partial charge in [0.25, 0.3) is 0 Å². The summed E-state index contributed by atoms with van der Waals surface area (Å²) in [5.74, 6) is 0. The van der Waals surface area contributed by atoms with Gasteiger partial charge in [-0.15, -0.1) is 0 Å². The van der Waals surface area contributed by atoms with E-state index in [4.69, 9.17) is 23.2 Å². The summed E-state index contributed by atoms with van der Waals surface area (Å²) in [6.45, 7) is 0. The van der Waals surface area contributed by atoms with E-state index in [1.165, 1.54) is 6.07 Å². The summed E-state index contributed by atoms with van der Waals surface area (Å²) in [5, 5.41) is 3.46. The third-order valence-electron chi connectivity index (χ3n) is 3.30. The van der Waals surface area contributed by atoms with Gasteiger partial charge < -0.3 is 5.32 Å². The van der Waals surface area contributed by atoms with Crippen LogP contribution in [0.25, 0.3) is 0 Å². The molecule has 0 fully saturated rings. The second kappa shape index (κ2) is 5.48. The smallest absolute Gasteiger partial charge is 0.359 e. The van der Waals surface area contributed by atoms with Gasteiger partial charge >= 0.3 is 6.18 Å². The number of rotatable bonds is 1. The van der Waals surface area contributed by atoms with Gasteiger partial charge in [-0.1, -0.05) is 35.3 Å². The maximum Gasteiger partial charge on any atom is 0.416 e. The third kappa shape index (κ3) is 2.78. The second-order valence-corrected chi connectivity index (χ2v) is 5.51. The second-order valence-electron chi connectivity index (χ2n) is 4.75. The van der Waals surface area contributed by atoms with E-state index in [-0.39, 0.29) is 15.8 Å². The fraction of sp³-hybridized carbons (Fsp3) is 0.133. The highest BCUT2D eigenvalue weighted by molar-refractivity contribution is 6.70. The van der Waals surface area contributed by atoms with Crippen LogP contribution in [-0.4, -0.2) is 5.17 Å². The number of halogens is 5. The summed E-state index contributed by atoms with van der Waals surface area (Å²) in [5.41, 5.74) is 0.840. The number of hydrogen-bond acceptors (Lipinski definition) is 2. The molecule has 7 heteroatoms. The average Bonchev–Trinajstić information content (AvgIpc) is 2.46. The van der Waals surface area contributed by atoms with Gasteiger partial charge in [0.1, 0.15) is 11.3 Å². The van der Waals surface area contributed by atoms with Gasteiger partial charge in [0.2, 0.25) is 0 Å². The number of alkyl halides is 3. The van der Waals surface area contributed by atoms with Gasteiger partial charge in [0, 0.05) is 21.8 Å². The van der Waals surface area contributed by atoms with Crippen molar-refractivity contribution in [3.63, 3.8) is 0 Å². The molecule has 1 heterocycles. The fourth-order valence-electron chi connectivity index (χ4n) is 2.23. The van der Waals surface area contributed by atoms with E-state index < -0.39 is 17.9 Å². The molecule has 0 aromatic heterocycles. The number of hydrogen-bond donors (Lipinski definition) is 1. The van der Waals surface area contributed by atoms with Gasteiger partial charge in [0.05, 0.1) is 5.56 Å². The summed E-state index contributed by atoms with van der Waals surface area (Å²) >= 11 is 12.2. The molecule has 22 heavy (non-hydrogen) atoms. The largest absolute Gasteiger partial charge is 0.416 e. The monoisotopic (exact) mass is 344 g/mol. The Balaban J connectivity index is 2.05. The van der Waals surface area contributed by atoms with Crippen LogP contribution in [0.1, 0.15) is 22.9 Å². The van der Waals surface area contributed by atoms with Crippen molar-refractivity contribution in [1.29, 1.82) is 0 Å². The number of anilines is 1. The molecule has 0 bridgehead atoms. The molecule has 0 amide bonds. The van der Waals surface area contributed by atoms with Crippen molar-refractivity contribution in [2.24, 2.45) is 4.99 Å². The lowest BCUT2D eigenvalue weighted by Gasteiger charge is -2.25. The van der Waals surface area contributed by atoms with E-state index in [0.29, 0.717) is 11.3 Å². The van der Waals surface area contributed by atoms with E-state index in [1.807, 2.05) is 0 Å². The lowest BCUT2D eigenvalue weighted by atomic mass is 10.1. The first kappa shape index (κ1) is 15.2. The van der Waals surface area contributed by atoms with Crippen molar-refractivity contribution in [2.45, 2.75) is 12.3 Å². The van der Waals surface area contributed by atoms with Gasteiger partial charge in [-0.25, -0.2) is 4.99 Å².